The maximum atomic E-state index is 6.97. The SMILES string of the molecule is CC1(C)c2ccccc2-c2c(N(c3ccc(-c4cccc5oc6ccccc6c45)cc3)c3cccc4c3oc3c5ccccc5ccc43)cccc21. The summed E-state index contributed by atoms with van der Waals surface area (Å²) >= 11 is 0. The number of furan rings is 2. The molecule has 246 valence electrons. The Labute approximate surface area is 301 Å². The highest BCUT2D eigenvalue weighted by molar-refractivity contribution is 6.18. The standard InChI is InChI=1S/C49H33NO2/c1-49(2)39-18-7-5-14-37(39)46-40(49)19-11-20-41(46)50(42-21-9-17-35-36-29-26-30-12-3-4-13-34(30)47(36)52-48(35)42)32-27-24-31(25-28-32)33-16-10-23-44-45(33)38-15-6-8-22-43(38)51-44/h3-29H,1-2H3. The highest BCUT2D eigenvalue weighted by Crippen LogP contribution is 2.55. The lowest BCUT2D eigenvalue weighted by atomic mass is 9.82. The van der Waals surface area contributed by atoms with Crippen LogP contribution >= 0.6 is 0 Å². The minimum Gasteiger partial charge on any atom is -0.456 e. The smallest absolute Gasteiger partial charge is 0.159 e. The predicted octanol–water partition coefficient (Wildman–Crippen LogP) is 14.1. The topological polar surface area (TPSA) is 29.5 Å². The van der Waals surface area contributed by atoms with Crippen LogP contribution in [-0.4, -0.2) is 0 Å². The van der Waals surface area contributed by atoms with Crippen molar-refractivity contribution in [1.82, 2.24) is 0 Å². The Hall–Kier alpha value is -6.58. The highest BCUT2D eigenvalue weighted by Gasteiger charge is 2.38. The zero-order chi connectivity index (χ0) is 34.6. The van der Waals surface area contributed by atoms with E-state index in [4.69, 9.17) is 8.83 Å². The van der Waals surface area contributed by atoms with Gasteiger partial charge in [0.25, 0.3) is 0 Å². The molecule has 11 rings (SSSR count). The van der Waals surface area contributed by atoms with Crippen LogP contribution in [0.5, 0.6) is 0 Å². The molecule has 2 aromatic heterocycles. The molecule has 8 aromatic carbocycles. The van der Waals surface area contributed by atoms with Crippen LogP contribution in [0.3, 0.4) is 0 Å². The van der Waals surface area contributed by atoms with Crippen molar-refractivity contribution in [3.05, 3.63) is 175 Å². The Morgan fingerprint density at radius 2 is 1.10 bits per heavy atom. The zero-order valence-electron chi connectivity index (χ0n) is 28.9. The lowest BCUT2D eigenvalue weighted by molar-refractivity contribution is 0.660. The van der Waals surface area contributed by atoms with E-state index in [0.717, 1.165) is 77.5 Å². The van der Waals surface area contributed by atoms with Gasteiger partial charge in [-0.15, -0.1) is 0 Å². The van der Waals surface area contributed by atoms with Crippen LogP contribution in [0.15, 0.2) is 173 Å². The lowest BCUT2D eigenvalue weighted by Gasteiger charge is -2.29. The minimum atomic E-state index is -0.131. The molecule has 3 heteroatoms. The van der Waals surface area contributed by atoms with E-state index in [1.54, 1.807) is 0 Å². The van der Waals surface area contributed by atoms with Crippen molar-refractivity contribution in [2.24, 2.45) is 0 Å². The van der Waals surface area contributed by atoms with Gasteiger partial charge in [-0.25, -0.2) is 0 Å². The van der Waals surface area contributed by atoms with E-state index in [9.17, 15) is 0 Å². The molecule has 1 aliphatic carbocycles. The van der Waals surface area contributed by atoms with Crippen molar-refractivity contribution in [3.63, 3.8) is 0 Å². The van der Waals surface area contributed by atoms with Crippen LogP contribution < -0.4 is 4.90 Å². The van der Waals surface area contributed by atoms with E-state index in [0.29, 0.717) is 0 Å². The number of benzene rings is 8. The summed E-state index contributed by atoms with van der Waals surface area (Å²) in [5, 5.41) is 6.78. The van der Waals surface area contributed by atoms with Gasteiger partial charge in [-0.2, -0.15) is 0 Å². The van der Waals surface area contributed by atoms with E-state index >= 15 is 0 Å². The molecule has 0 atom stereocenters. The van der Waals surface area contributed by atoms with Crippen LogP contribution in [0.1, 0.15) is 25.0 Å². The van der Waals surface area contributed by atoms with Crippen molar-refractivity contribution in [1.29, 1.82) is 0 Å². The molecule has 52 heavy (non-hydrogen) atoms. The van der Waals surface area contributed by atoms with E-state index in [1.807, 2.05) is 12.1 Å². The molecule has 0 spiro atoms. The van der Waals surface area contributed by atoms with Gasteiger partial charge < -0.3 is 13.7 Å². The van der Waals surface area contributed by atoms with Gasteiger partial charge in [0.1, 0.15) is 16.7 Å². The third kappa shape index (κ3) is 4.02. The average Bonchev–Trinajstić information content (AvgIpc) is 3.84. The number of hydrogen-bond donors (Lipinski definition) is 0. The van der Waals surface area contributed by atoms with Crippen molar-refractivity contribution >= 4 is 71.7 Å². The first-order valence-electron chi connectivity index (χ1n) is 17.9. The molecular formula is C49H33NO2. The van der Waals surface area contributed by atoms with Crippen molar-refractivity contribution < 1.29 is 8.83 Å². The Kier molecular flexibility index (Phi) is 6.01. The number of anilines is 3. The maximum Gasteiger partial charge on any atom is 0.159 e. The Morgan fingerprint density at radius 3 is 2.00 bits per heavy atom. The van der Waals surface area contributed by atoms with E-state index < -0.39 is 0 Å². The summed E-state index contributed by atoms with van der Waals surface area (Å²) in [7, 11) is 0. The normalized spacial score (nSPS) is 13.3. The van der Waals surface area contributed by atoms with Gasteiger partial charge in [-0.3, -0.25) is 0 Å². The number of hydrogen-bond acceptors (Lipinski definition) is 3. The van der Waals surface area contributed by atoms with Gasteiger partial charge in [-0.1, -0.05) is 135 Å². The predicted molar refractivity (Wildman–Crippen MR) is 216 cm³/mol. The van der Waals surface area contributed by atoms with Crippen LogP contribution in [0.2, 0.25) is 0 Å². The molecular weight excluding hydrogens is 635 g/mol. The molecule has 0 saturated carbocycles. The summed E-state index contributed by atoms with van der Waals surface area (Å²) in [4.78, 5) is 2.40. The molecule has 1 aliphatic rings. The van der Waals surface area contributed by atoms with Crippen LogP contribution in [-0.2, 0) is 5.41 Å². The fourth-order valence-corrected chi connectivity index (χ4v) is 8.82. The van der Waals surface area contributed by atoms with Gasteiger partial charge in [-0.05, 0) is 75.7 Å². The molecule has 0 fully saturated rings. The molecule has 0 unspecified atom stereocenters. The van der Waals surface area contributed by atoms with Gasteiger partial charge in [0, 0.05) is 43.6 Å². The van der Waals surface area contributed by atoms with Crippen LogP contribution in [0.4, 0.5) is 17.1 Å². The van der Waals surface area contributed by atoms with Crippen LogP contribution in [0.25, 0.3) is 76.9 Å². The van der Waals surface area contributed by atoms with E-state index in [-0.39, 0.29) is 5.41 Å². The molecule has 0 radical (unpaired) electrons. The molecule has 0 aliphatic heterocycles. The highest BCUT2D eigenvalue weighted by atomic mass is 16.3. The monoisotopic (exact) mass is 667 g/mol. The van der Waals surface area contributed by atoms with Crippen LogP contribution in [0, 0.1) is 0 Å². The molecule has 0 amide bonds. The fourth-order valence-electron chi connectivity index (χ4n) is 8.82. The fraction of sp³-hybridized carbons (Fsp3) is 0.0612. The summed E-state index contributed by atoms with van der Waals surface area (Å²) in [6, 6.07) is 58.7. The molecule has 10 aromatic rings. The van der Waals surface area contributed by atoms with Gasteiger partial charge in [0.15, 0.2) is 5.58 Å². The van der Waals surface area contributed by atoms with E-state index in [2.05, 4.69) is 170 Å². The third-order valence-electron chi connectivity index (χ3n) is 11.3. The summed E-state index contributed by atoms with van der Waals surface area (Å²) in [6.45, 7) is 4.68. The second-order valence-electron chi connectivity index (χ2n) is 14.4. The summed E-state index contributed by atoms with van der Waals surface area (Å²) in [5.74, 6) is 0. The third-order valence-corrected chi connectivity index (χ3v) is 11.3. The quantitative estimate of drug-likeness (QED) is 0.187. The minimum absolute atomic E-state index is 0.131. The van der Waals surface area contributed by atoms with Crippen molar-refractivity contribution in [3.8, 4) is 22.3 Å². The number of fused-ring (bicyclic) bond motifs is 11. The summed E-state index contributed by atoms with van der Waals surface area (Å²) in [6.07, 6.45) is 0. The second kappa shape index (κ2) is 10.7. The summed E-state index contributed by atoms with van der Waals surface area (Å²) < 4.78 is 13.2. The molecule has 2 heterocycles. The molecule has 3 nitrogen and oxygen atoms in total. The van der Waals surface area contributed by atoms with Gasteiger partial charge >= 0.3 is 0 Å². The molecule has 0 saturated heterocycles. The average molecular weight is 668 g/mol. The Bertz CT molecular complexity index is 3050. The van der Waals surface area contributed by atoms with Gasteiger partial charge in [0.05, 0.1) is 11.4 Å². The van der Waals surface area contributed by atoms with E-state index in [1.165, 1.54) is 27.6 Å². The Morgan fingerprint density at radius 1 is 0.442 bits per heavy atom. The summed E-state index contributed by atoms with van der Waals surface area (Å²) in [5.41, 5.74) is 14.2. The van der Waals surface area contributed by atoms with Gasteiger partial charge in [0.2, 0.25) is 0 Å². The second-order valence-corrected chi connectivity index (χ2v) is 14.4. The molecule has 0 N–H and O–H groups in total. The Balaban J connectivity index is 1.17. The zero-order valence-corrected chi connectivity index (χ0v) is 28.9. The number of nitrogens with zero attached hydrogens (tertiary/aromatic N) is 1. The number of para-hydroxylation sites is 2. The first kappa shape index (κ1) is 29.2. The van der Waals surface area contributed by atoms with Crippen molar-refractivity contribution in [2.75, 3.05) is 4.90 Å². The maximum absolute atomic E-state index is 6.97. The van der Waals surface area contributed by atoms with Crippen molar-refractivity contribution in [2.45, 2.75) is 19.3 Å². The number of rotatable bonds is 4. The largest absolute Gasteiger partial charge is 0.456 e. The molecule has 0 bridgehead atoms. The first-order chi connectivity index (χ1) is 25.6. The lowest BCUT2D eigenvalue weighted by Crippen LogP contribution is -2.16. The first-order valence-corrected chi connectivity index (χ1v) is 17.9.